The molecule has 2 aliphatic rings. The van der Waals surface area contributed by atoms with E-state index in [1.807, 2.05) is 36.1 Å². The number of morpholine rings is 1. The number of aryl methyl sites for hydroxylation is 1. The Hall–Kier alpha value is -2.85. The Balaban J connectivity index is 1.27. The number of fused-ring (bicyclic) bond motifs is 1. The van der Waals surface area contributed by atoms with Crippen molar-refractivity contribution in [3.63, 3.8) is 0 Å². The lowest BCUT2D eigenvalue weighted by atomic mass is 10.1. The van der Waals surface area contributed by atoms with Gasteiger partial charge in [-0.2, -0.15) is 13.7 Å². The van der Waals surface area contributed by atoms with E-state index in [0.29, 0.717) is 31.9 Å². The van der Waals surface area contributed by atoms with Crippen LogP contribution in [0.1, 0.15) is 16.1 Å². The van der Waals surface area contributed by atoms with Crippen molar-refractivity contribution in [2.45, 2.75) is 6.92 Å². The number of carbonyl (C=O) groups is 1. The summed E-state index contributed by atoms with van der Waals surface area (Å²) in [5.74, 6) is 1.72. The molecule has 0 saturated carbocycles. The van der Waals surface area contributed by atoms with Gasteiger partial charge in [0.05, 0.1) is 24.9 Å². The van der Waals surface area contributed by atoms with Crippen LogP contribution in [0.15, 0.2) is 24.3 Å². The summed E-state index contributed by atoms with van der Waals surface area (Å²) in [7, 11) is 0. The van der Waals surface area contributed by atoms with Gasteiger partial charge in [0, 0.05) is 56.6 Å². The zero-order valence-corrected chi connectivity index (χ0v) is 17.6. The Morgan fingerprint density at radius 3 is 2.50 bits per heavy atom. The largest absolute Gasteiger partial charge is 0.378 e. The second-order valence-electron chi connectivity index (χ2n) is 7.51. The van der Waals surface area contributed by atoms with Gasteiger partial charge in [-0.05, 0) is 25.1 Å². The molecule has 2 saturated heterocycles. The van der Waals surface area contributed by atoms with E-state index in [-0.39, 0.29) is 5.91 Å². The van der Waals surface area contributed by atoms with Crippen molar-refractivity contribution in [3.05, 3.63) is 35.5 Å². The zero-order valence-electron chi connectivity index (χ0n) is 16.8. The lowest BCUT2D eigenvalue weighted by Gasteiger charge is -2.36. The molecule has 5 rings (SSSR count). The van der Waals surface area contributed by atoms with Crippen molar-refractivity contribution in [2.75, 3.05) is 62.3 Å². The molecule has 1 amide bonds. The molecule has 0 spiro atoms. The Morgan fingerprint density at radius 1 is 0.933 bits per heavy atom. The average molecular weight is 426 g/mol. The molecular formula is C20H23N7O2S. The van der Waals surface area contributed by atoms with E-state index in [1.165, 1.54) is 11.7 Å². The number of hydrogen-bond acceptors (Lipinski definition) is 9. The van der Waals surface area contributed by atoms with E-state index in [4.69, 9.17) is 9.72 Å². The van der Waals surface area contributed by atoms with Crippen LogP contribution in [0, 0.1) is 6.92 Å². The smallest absolute Gasteiger partial charge is 0.254 e. The maximum Gasteiger partial charge on any atom is 0.254 e. The van der Waals surface area contributed by atoms with Crippen LogP contribution in [-0.2, 0) is 4.74 Å². The minimum absolute atomic E-state index is 0.0393. The maximum absolute atomic E-state index is 12.9. The van der Waals surface area contributed by atoms with Gasteiger partial charge in [0.15, 0.2) is 0 Å². The first-order valence-electron chi connectivity index (χ1n) is 10.1. The molecule has 3 aromatic rings. The highest BCUT2D eigenvalue weighted by molar-refractivity contribution is 7.00. The number of ether oxygens (including phenoxy) is 1. The van der Waals surface area contributed by atoms with Crippen LogP contribution in [-0.4, -0.2) is 82.0 Å². The number of aromatic nitrogens is 4. The number of carbonyl (C=O) groups excluding carboxylic acids is 1. The molecule has 2 aliphatic heterocycles. The molecule has 0 aliphatic carbocycles. The van der Waals surface area contributed by atoms with Crippen molar-refractivity contribution in [2.24, 2.45) is 0 Å². The van der Waals surface area contributed by atoms with Crippen molar-refractivity contribution in [1.29, 1.82) is 0 Å². The summed E-state index contributed by atoms with van der Waals surface area (Å²) >= 11 is 1.17. The molecule has 2 fully saturated rings. The topological polar surface area (TPSA) is 87.6 Å². The minimum Gasteiger partial charge on any atom is -0.378 e. The first-order valence-corrected chi connectivity index (χ1v) is 10.9. The molecule has 0 bridgehead atoms. The highest BCUT2D eigenvalue weighted by atomic mass is 32.1. The van der Waals surface area contributed by atoms with Gasteiger partial charge < -0.3 is 19.4 Å². The molecule has 0 unspecified atom stereocenters. The zero-order chi connectivity index (χ0) is 20.5. The molecule has 4 heterocycles. The summed E-state index contributed by atoms with van der Waals surface area (Å²) in [6.45, 7) is 7.82. The molecule has 30 heavy (non-hydrogen) atoms. The average Bonchev–Trinajstić information content (AvgIpc) is 3.27. The van der Waals surface area contributed by atoms with Gasteiger partial charge in [0.1, 0.15) is 16.9 Å². The van der Waals surface area contributed by atoms with Crippen LogP contribution in [0.2, 0.25) is 0 Å². The lowest BCUT2D eigenvalue weighted by Crippen LogP contribution is -2.49. The SMILES string of the molecule is Cc1cc(N2CCN(C(=O)c3ccc4nsnc4c3)CC2)nc(N2CCOCC2)n1. The molecule has 0 atom stereocenters. The van der Waals surface area contributed by atoms with E-state index in [0.717, 1.165) is 54.7 Å². The van der Waals surface area contributed by atoms with Gasteiger partial charge in [-0.25, -0.2) is 4.98 Å². The molecule has 1 aromatic carbocycles. The standard InChI is InChI=1S/C20H23N7O2S/c1-14-12-18(22-20(21-14)27-8-10-29-11-9-27)25-4-6-26(7-5-25)19(28)15-2-3-16-17(13-15)24-30-23-16/h2-3,12-13H,4-11H2,1H3. The molecular weight excluding hydrogens is 402 g/mol. The van der Waals surface area contributed by atoms with Crippen molar-refractivity contribution < 1.29 is 9.53 Å². The number of rotatable bonds is 3. The van der Waals surface area contributed by atoms with Crippen LogP contribution in [0.5, 0.6) is 0 Å². The Morgan fingerprint density at radius 2 is 1.70 bits per heavy atom. The molecule has 0 N–H and O–H groups in total. The third kappa shape index (κ3) is 3.80. The molecule has 0 radical (unpaired) electrons. The van der Waals surface area contributed by atoms with Crippen LogP contribution in [0.3, 0.4) is 0 Å². The number of hydrogen-bond donors (Lipinski definition) is 0. The van der Waals surface area contributed by atoms with Crippen LogP contribution >= 0.6 is 11.7 Å². The fraction of sp³-hybridized carbons (Fsp3) is 0.450. The Bertz CT molecular complexity index is 1060. The fourth-order valence-corrected chi connectivity index (χ4v) is 4.36. The number of nitrogens with zero attached hydrogens (tertiary/aromatic N) is 7. The first kappa shape index (κ1) is 19.1. The van der Waals surface area contributed by atoms with Crippen molar-refractivity contribution in [1.82, 2.24) is 23.6 Å². The summed E-state index contributed by atoms with van der Waals surface area (Å²) in [4.78, 5) is 28.7. The van der Waals surface area contributed by atoms with E-state index in [2.05, 4.69) is 23.5 Å². The number of benzene rings is 1. The van der Waals surface area contributed by atoms with Crippen LogP contribution in [0.25, 0.3) is 11.0 Å². The summed E-state index contributed by atoms with van der Waals surface area (Å²) in [5, 5.41) is 0. The van der Waals surface area contributed by atoms with Gasteiger partial charge >= 0.3 is 0 Å². The van der Waals surface area contributed by atoms with Crippen molar-refractivity contribution in [3.8, 4) is 0 Å². The maximum atomic E-state index is 12.9. The van der Waals surface area contributed by atoms with E-state index >= 15 is 0 Å². The minimum atomic E-state index is 0.0393. The molecule has 2 aromatic heterocycles. The van der Waals surface area contributed by atoms with E-state index in [9.17, 15) is 4.79 Å². The highest BCUT2D eigenvalue weighted by Gasteiger charge is 2.24. The van der Waals surface area contributed by atoms with E-state index in [1.54, 1.807) is 0 Å². The third-order valence-corrected chi connectivity index (χ3v) is 6.07. The Labute approximate surface area is 178 Å². The Kier molecular flexibility index (Phi) is 5.17. The summed E-state index contributed by atoms with van der Waals surface area (Å²) < 4.78 is 13.9. The van der Waals surface area contributed by atoms with E-state index < -0.39 is 0 Å². The monoisotopic (exact) mass is 425 g/mol. The number of anilines is 2. The highest BCUT2D eigenvalue weighted by Crippen LogP contribution is 2.21. The van der Waals surface area contributed by atoms with Crippen LogP contribution < -0.4 is 9.80 Å². The predicted molar refractivity (Wildman–Crippen MR) is 115 cm³/mol. The third-order valence-electron chi connectivity index (χ3n) is 5.51. The summed E-state index contributed by atoms with van der Waals surface area (Å²) in [6, 6.07) is 7.54. The van der Waals surface area contributed by atoms with Gasteiger partial charge in [-0.3, -0.25) is 4.79 Å². The fourth-order valence-electron chi connectivity index (χ4n) is 3.84. The summed E-state index contributed by atoms with van der Waals surface area (Å²) in [6.07, 6.45) is 0. The van der Waals surface area contributed by atoms with Gasteiger partial charge in [0.2, 0.25) is 5.95 Å². The quantitative estimate of drug-likeness (QED) is 0.625. The molecule has 10 heteroatoms. The second kappa shape index (κ2) is 8.11. The van der Waals surface area contributed by atoms with Crippen LogP contribution in [0.4, 0.5) is 11.8 Å². The number of piperazine rings is 1. The second-order valence-corrected chi connectivity index (χ2v) is 8.04. The van der Waals surface area contributed by atoms with Gasteiger partial charge in [-0.1, -0.05) is 0 Å². The molecule has 9 nitrogen and oxygen atoms in total. The first-order chi connectivity index (χ1) is 14.7. The van der Waals surface area contributed by atoms with Crippen molar-refractivity contribution >= 4 is 40.4 Å². The summed E-state index contributed by atoms with van der Waals surface area (Å²) in [5.41, 5.74) is 3.22. The normalized spacial score (nSPS) is 17.6. The molecule has 156 valence electrons. The predicted octanol–water partition coefficient (Wildman–Crippen LogP) is 1.59. The van der Waals surface area contributed by atoms with Gasteiger partial charge in [0.25, 0.3) is 5.91 Å². The number of amides is 1. The van der Waals surface area contributed by atoms with Gasteiger partial charge in [-0.15, -0.1) is 0 Å². The lowest BCUT2D eigenvalue weighted by molar-refractivity contribution is 0.0746.